The summed E-state index contributed by atoms with van der Waals surface area (Å²) in [6, 6.07) is 9.37. The van der Waals surface area contributed by atoms with Gasteiger partial charge in [0, 0.05) is 0 Å². The number of esters is 1. The van der Waals surface area contributed by atoms with Gasteiger partial charge in [-0.25, -0.2) is 0 Å². The third-order valence-corrected chi connectivity index (χ3v) is 2.81. The van der Waals surface area contributed by atoms with E-state index in [0.29, 0.717) is 6.42 Å². The Kier molecular flexibility index (Phi) is 2.90. The Hall–Kier alpha value is -1.84. The summed E-state index contributed by atoms with van der Waals surface area (Å²) in [6.07, 6.45) is 0.427. The molecule has 1 aromatic rings. The summed E-state index contributed by atoms with van der Waals surface area (Å²) in [5.74, 6) is -2.64. The maximum atomic E-state index is 11.4. The van der Waals surface area contributed by atoms with Crippen molar-refractivity contribution in [2.45, 2.75) is 6.42 Å². The molecular weight excluding hydrogens is 208 g/mol. The average Bonchev–Trinajstić information content (AvgIpc) is 2.62. The van der Waals surface area contributed by atoms with E-state index in [9.17, 15) is 9.59 Å². The smallest absolute Gasteiger partial charge is 0.310 e. The normalized spacial score (nSPS) is 24.1. The Labute approximate surface area is 92.8 Å². The lowest BCUT2D eigenvalue weighted by Gasteiger charge is -2.10. The van der Waals surface area contributed by atoms with Crippen molar-refractivity contribution < 1.29 is 19.4 Å². The minimum Gasteiger partial charge on any atom is -0.481 e. The number of carbonyl (C=O) groups excluding carboxylic acids is 1. The molecule has 1 aliphatic heterocycles. The van der Waals surface area contributed by atoms with Gasteiger partial charge >= 0.3 is 11.9 Å². The van der Waals surface area contributed by atoms with Gasteiger partial charge in [-0.05, 0) is 12.0 Å². The Morgan fingerprint density at radius 3 is 2.69 bits per heavy atom. The van der Waals surface area contributed by atoms with E-state index in [1.807, 2.05) is 30.3 Å². The van der Waals surface area contributed by atoms with Crippen molar-refractivity contribution in [3.8, 4) is 0 Å². The second-order valence-corrected chi connectivity index (χ2v) is 3.87. The van der Waals surface area contributed by atoms with Crippen LogP contribution in [0.2, 0.25) is 0 Å². The molecule has 16 heavy (non-hydrogen) atoms. The molecule has 2 atom stereocenters. The number of ether oxygens (including phenoxy) is 1. The number of hydrogen-bond acceptors (Lipinski definition) is 3. The second-order valence-electron chi connectivity index (χ2n) is 3.87. The highest BCUT2D eigenvalue weighted by atomic mass is 16.5. The molecule has 1 saturated heterocycles. The third kappa shape index (κ3) is 2.05. The summed E-state index contributed by atoms with van der Waals surface area (Å²) in [7, 11) is 0. The molecule has 1 heterocycles. The molecule has 4 heteroatoms. The van der Waals surface area contributed by atoms with Crippen LogP contribution in [0.4, 0.5) is 0 Å². The van der Waals surface area contributed by atoms with Crippen molar-refractivity contribution in [3.63, 3.8) is 0 Å². The summed E-state index contributed by atoms with van der Waals surface area (Å²) in [4.78, 5) is 22.3. The van der Waals surface area contributed by atoms with Crippen LogP contribution in [0.25, 0.3) is 0 Å². The lowest BCUT2D eigenvalue weighted by molar-refractivity contribution is -0.144. The van der Waals surface area contributed by atoms with E-state index in [2.05, 4.69) is 0 Å². The molecule has 0 aromatic heterocycles. The van der Waals surface area contributed by atoms with Crippen molar-refractivity contribution in [3.05, 3.63) is 35.9 Å². The first-order chi connectivity index (χ1) is 7.68. The third-order valence-electron chi connectivity index (χ3n) is 2.81. The summed E-state index contributed by atoms with van der Waals surface area (Å²) in [6.45, 7) is -0.00827. The average molecular weight is 220 g/mol. The quantitative estimate of drug-likeness (QED) is 0.775. The summed E-state index contributed by atoms with van der Waals surface area (Å²) >= 11 is 0. The number of hydrogen-bond donors (Lipinski definition) is 1. The Morgan fingerprint density at radius 2 is 2.06 bits per heavy atom. The van der Waals surface area contributed by atoms with Gasteiger partial charge in [-0.2, -0.15) is 0 Å². The number of carbonyl (C=O) groups is 2. The molecule has 2 rings (SSSR count). The molecule has 1 fully saturated rings. The standard InChI is InChI=1S/C12H12O4/c13-11(14)10-7-16-12(15)9(10)6-8-4-2-1-3-5-8/h1-5,9-10H,6-7H2,(H,13,14)/t9-,10-/m1/s1. The van der Waals surface area contributed by atoms with Crippen LogP contribution in [-0.2, 0) is 20.7 Å². The van der Waals surface area contributed by atoms with Crippen molar-refractivity contribution in [1.29, 1.82) is 0 Å². The van der Waals surface area contributed by atoms with Crippen LogP contribution in [0.1, 0.15) is 5.56 Å². The summed E-state index contributed by atoms with van der Waals surface area (Å²) < 4.78 is 4.79. The predicted molar refractivity (Wildman–Crippen MR) is 55.7 cm³/mol. The van der Waals surface area contributed by atoms with Crippen LogP contribution in [0.3, 0.4) is 0 Å². The molecule has 0 aliphatic carbocycles. The summed E-state index contributed by atoms with van der Waals surface area (Å²) in [5, 5.41) is 8.95. The van der Waals surface area contributed by atoms with Gasteiger partial charge in [0.1, 0.15) is 12.5 Å². The van der Waals surface area contributed by atoms with Gasteiger partial charge in [0.05, 0.1) is 5.92 Å². The van der Waals surface area contributed by atoms with E-state index in [0.717, 1.165) is 5.56 Å². The lowest BCUT2D eigenvalue weighted by Crippen LogP contribution is -2.25. The molecule has 0 radical (unpaired) electrons. The van der Waals surface area contributed by atoms with Crippen LogP contribution in [0, 0.1) is 11.8 Å². The monoisotopic (exact) mass is 220 g/mol. The number of aliphatic carboxylic acids is 1. The highest BCUT2D eigenvalue weighted by Gasteiger charge is 2.41. The number of cyclic esters (lactones) is 1. The van der Waals surface area contributed by atoms with E-state index in [1.165, 1.54) is 0 Å². The second kappa shape index (κ2) is 4.35. The molecule has 84 valence electrons. The molecule has 0 saturated carbocycles. The topological polar surface area (TPSA) is 63.6 Å². The van der Waals surface area contributed by atoms with Gasteiger partial charge < -0.3 is 9.84 Å². The van der Waals surface area contributed by atoms with Crippen molar-refractivity contribution in [1.82, 2.24) is 0 Å². The fourth-order valence-corrected chi connectivity index (χ4v) is 1.90. The minimum atomic E-state index is -0.966. The van der Waals surface area contributed by atoms with E-state index < -0.39 is 23.8 Å². The van der Waals surface area contributed by atoms with E-state index >= 15 is 0 Å². The minimum absolute atomic E-state index is 0.00827. The zero-order chi connectivity index (χ0) is 11.5. The van der Waals surface area contributed by atoms with Crippen molar-refractivity contribution >= 4 is 11.9 Å². The first kappa shape index (κ1) is 10.7. The maximum Gasteiger partial charge on any atom is 0.310 e. The molecule has 1 aromatic carbocycles. The molecule has 4 nitrogen and oxygen atoms in total. The Balaban J connectivity index is 2.13. The number of rotatable bonds is 3. The number of carboxylic acid groups (broad SMARTS) is 1. The highest BCUT2D eigenvalue weighted by Crippen LogP contribution is 2.26. The fourth-order valence-electron chi connectivity index (χ4n) is 1.90. The number of carboxylic acids is 1. The van der Waals surface area contributed by atoms with E-state index in [-0.39, 0.29) is 6.61 Å². The van der Waals surface area contributed by atoms with Crippen molar-refractivity contribution in [2.24, 2.45) is 11.8 Å². The van der Waals surface area contributed by atoms with Crippen molar-refractivity contribution in [2.75, 3.05) is 6.61 Å². The molecule has 1 aliphatic rings. The highest BCUT2D eigenvalue weighted by molar-refractivity contribution is 5.84. The predicted octanol–water partition coefficient (Wildman–Crippen LogP) is 1.10. The van der Waals surface area contributed by atoms with Gasteiger partial charge in [-0.3, -0.25) is 9.59 Å². The first-order valence-corrected chi connectivity index (χ1v) is 5.12. The first-order valence-electron chi connectivity index (χ1n) is 5.12. The SMILES string of the molecule is O=C(O)[C@@H]1COC(=O)[C@@H]1Cc1ccccc1. The number of benzene rings is 1. The van der Waals surface area contributed by atoms with Crippen LogP contribution in [0.15, 0.2) is 30.3 Å². The van der Waals surface area contributed by atoms with Crippen LogP contribution >= 0.6 is 0 Å². The van der Waals surface area contributed by atoms with Gasteiger partial charge in [0.25, 0.3) is 0 Å². The van der Waals surface area contributed by atoms with Crippen LogP contribution in [0.5, 0.6) is 0 Å². The molecule has 0 bridgehead atoms. The maximum absolute atomic E-state index is 11.4. The van der Waals surface area contributed by atoms with Crippen LogP contribution < -0.4 is 0 Å². The zero-order valence-corrected chi connectivity index (χ0v) is 8.63. The largest absolute Gasteiger partial charge is 0.481 e. The molecule has 1 N–H and O–H groups in total. The molecule has 0 amide bonds. The molecule has 0 unspecified atom stereocenters. The van der Waals surface area contributed by atoms with E-state index in [4.69, 9.17) is 9.84 Å². The van der Waals surface area contributed by atoms with Gasteiger partial charge in [-0.15, -0.1) is 0 Å². The van der Waals surface area contributed by atoms with Gasteiger partial charge in [0.2, 0.25) is 0 Å². The Bertz CT molecular complexity index is 399. The molecule has 0 spiro atoms. The fraction of sp³-hybridized carbons (Fsp3) is 0.333. The lowest BCUT2D eigenvalue weighted by atomic mass is 9.89. The van der Waals surface area contributed by atoms with E-state index in [1.54, 1.807) is 0 Å². The van der Waals surface area contributed by atoms with Gasteiger partial charge in [0.15, 0.2) is 0 Å². The van der Waals surface area contributed by atoms with Crippen LogP contribution in [-0.4, -0.2) is 23.7 Å². The Morgan fingerprint density at radius 1 is 1.38 bits per heavy atom. The van der Waals surface area contributed by atoms with Gasteiger partial charge in [-0.1, -0.05) is 30.3 Å². The molecular formula is C12H12O4. The zero-order valence-electron chi connectivity index (χ0n) is 8.63. The summed E-state index contributed by atoms with van der Waals surface area (Å²) in [5.41, 5.74) is 0.956.